The molecule has 0 spiro atoms. The first-order valence-corrected chi connectivity index (χ1v) is 11.6. The maximum atomic E-state index is 13.5. The first-order chi connectivity index (χ1) is 17.9. The fourth-order valence-electron chi connectivity index (χ4n) is 4.06. The number of aromatic nitrogens is 3. The quantitative estimate of drug-likeness (QED) is 0.323. The van der Waals surface area contributed by atoms with E-state index in [1.807, 2.05) is 62.4 Å². The summed E-state index contributed by atoms with van der Waals surface area (Å²) in [4.78, 5) is 22.9. The van der Waals surface area contributed by atoms with Gasteiger partial charge in [0.1, 0.15) is 16.9 Å². The van der Waals surface area contributed by atoms with Gasteiger partial charge < -0.3 is 20.5 Å². The molecule has 186 valence electrons. The second kappa shape index (κ2) is 9.62. The van der Waals surface area contributed by atoms with Crippen LogP contribution in [0.3, 0.4) is 0 Å². The van der Waals surface area contributed by atoms with Gasteiger partial charge in [-0.2, -0.15) is 9.78 Å². The van der Waals surface area contributed by atoms with Crippen LogP contribution in [0.1, 0.15) is 27.0 Å². The van der Waals surface area contributed by atoms with E-state index in [0.29, 0.717) is 39.4 Å². The fourth-order valence-corrected chi connectivity index (χ4v) is 4.06. The SMILES string of the molecule is COc1ccc(C=Nn2c(N)c(C(=O)Nc3ccc(C)c(C)c3)c3nc4ccccc4nc32)cc1OC. The number of rotatable bonds is 6. The lowest BCUT2D eigenvalue weighted by atomic mass is 10.1. The molecule has 0 radical (unpaired) electrons. The highest BCUT2D eigenvalue weighted by Gasteiger charge is 2.24. The molecule has 5 aromatic rings. The molecule has 0 aliphatic carbocycles. The van der Waals surface area contributed by atoms with E-state index in [4.69, 9.17) is 25.2 Å². The second-order valence-corrected chi connectivity index (χ2v) is 8.57. The van der Waals surface area contributed by atoms with E-state index in [1.54, 1.807) is 32.6 Å². The van der Waals surface area contributed by atoms with Crippen molar-refractivity contribution in [3.05, 3.63) is 82.9 Å². The number of nitrogens with zero attached hydrogens (tertiary/aromatic N) is 4. The summed E-state index contributed by atoms with van der Waals surface area (Å²) in [6, 6.07) is 18.6. The molecule has 0 saturated carbocycles. The lowest BCUT2D eigenvalue weighted by molar-refractivity contribution is 0.102. The molecule has 0 bridgehead atoms. The molecule has 0 aliphatic rings. The summed E-state index contributed by atoms with van der Waals surface area (Å²) >= 11 is 0. The summed E-state index contributed by atoms with van der Waals surface area (Å²) in [5.74, 6) is 0.906. The molecule has 37 heavy (non-hydrogen) atoms. The summed E-state index contributed by atoms with van der Waals surface area (Å²) < 4.78 is 12.1. The highest BCUT2D eigenvalue weighted by Crippen LogP contribution is 2.30. The normalized spacial score (nSPS) is 11.4. The molecular formula is C28H26N6O3. The topological polar surface area (TPSA) is 117 Å². The number of anilines is 2. The zero-order valence-corrected chi connectivity index (χ0v) is 20.9. The van der Waals surface area contributed by atoms with Gasteiger partial charge in [0.15, 0.2) is 17.1 Å². The van der Waals surface area contributed by atoms with Crippen LogP contribution in [0.15, 0.2) is 65.8 Å². The summed E-state index contributed by atoms with van der Waals surface area (Å²) in [5.41, 5.74) is 12.4. The van der Waals surface area contributed by atoms with E-state index in [0.717, 1.165) is 16.7 Å². The van der Waals surface area contributed by atoms with Crippen LogP contribution in [0.2, 0.25) is 0 Å². The Morgan fingerprint density at radius 3 is 2.38 bits per heavy atom. The first-order valence-electron chi connectivity index (χ1n) is 11.6. The van der Waals surface area contributed by atoms with Gasteiger partial charge >= 0.3 is 0 Å². The number of nitrogens with one attached hydrogen (secondary N) is 1. The molecule has 1 amide bonds. The first kappa shape index (κ1) is 23.8. The number of hydrogen-bond donors (Lipinski definition) is 2. The van der Waals surface area contributed by atoms with Crippen molar-refractivity contribution in [1.29, 1.82) is 0 Å². The third kappa shape index (κ3) is 4.42. The predicted octanol–water partition coefficient (Wildman–Crippen LogP) is 4.94. The number of carbonyl (C=O) groups is 1. The molecule has 0 fully saturated rings. The number of ether oxygens (including phenoxy) is 2. The van der Waals surface area contributed by atoms with Crippen LogP contribution in [0.4, 0.5) is 11.5 Å². The number of carbonyl (C=O) groups excluding carboxylic acids is 1. The third-order valence-corrected chi connectivity index (χ3v) is 6.20. The standard InChI is InChI=1S/C28H26N6O3/c1-16-9-11-19(13-17(16)2)31-28(35)24-25-27(33-21-8-6-5-7-20(21)32-25)34(26(24)29)30-15-18-10-12-22(36-3)23(14-18)37-4/h5-15H,29H2,1-4H3,(H,31,35). The van der Waals surface area contributed by atoms with Gasteiger partial charge in [-0.15, -0.1) is 0 Å². The smallest absolute Gasteiger partial charge is 0.261 e. The molecule has 0 atom stereocenters. The molecule has 0 aliphatic heterocycles. The largest absolute Gasteiger partial charge is 0.493 e. The van der Waals surface area contributed by atoms with Crippen molar-refractivity contribution in [3.63, 3.8) is 0 Å². The van der Waals surface area contributed by atoms with Crippen molar-refractivity contribution >= 4 is 45.8 Å². The summed E-state index contributed by atoms with van der Waals surface area (Å²) in [6.45, 7) is 4.01. The van der Waals surface area contributed by atoms with Crippen LogP contribution < -0.4 is 20.5 Å². The Kier molecular flexibility index (Phi) is 6.19. The number of methoxy groups -OCH3 is 2. The van der Waals surface area contributed by atoms with E-state index in [9.17, 15) is 4.79 Å². The number of aryl methyl sites for hydroxylation is 2. The van der Waals surface area contributed by atoms with Gasteiger partial charge in [0.25, 0.3) is 5.91 Å². The number of amides is 1. The maximum Gasteiger partial charge on any atom is 0.261 e. The van der Waals surface area contributed by atoms with Gasteiger partial charge in [-0.3, -0.25) is 4.79 Å². The highest BCUT2D eigenvalue weighted by molar-refractivity contribution is 6.16. The molecule has 5 rings (SSSR count). The Morgan fingerprint density at radius 2 is 1.68 bits per heavy atom. The average Bonchev–Trinajstić information content (AvgIpc) is 3.17. The minimum Gasteiger partial charge on any atom is -0.493 e. The van der Waals surface area contributed by atoms with Crippen molar-refractivity contribution in [3.8, 4) is 11.5 Å². The lowest BCUT2D eigenvalue weighted by Gasteiger charge is -2.08. The number of hydrogen-bond acceptors (Lipinski definition) is 7. The average molecular weight is 495 g/mol. The molecule has 3 aromatic carbocycles. The minimum absolute atomic E-state index is 0.128. The number of para-hydroxylation sites is 2. The van der Waals surface area contributed by atoms with Crippen LogP contribution >= 0.6 is 0 Å². The Hall–Kier alpha value is -4.92. The highest BCUT2D eigenvalue weighted by atomic mass is 16.5. The fraction of sp³-hybridized carbons (Fsp3) is 0.143. The number of nitrogens with two attached hydrogens (primary N) is 1. The number of benzene rings is 3. The Morgan fingerprint density at radius 1 is 0.946 bits per heavy atom. The van der Waals surface area contributed by atoms with Crippen molar-refractivity contribution < 1.29 is 14.3 Å². The van der Waals surface area contributed by atoms with Gasteiger partial charge in [-0.25, -0.2) is 9.97 Å². The van der Waals surface area contributed by atoms with Crippen molar-refractivity contribution in [2.24, 2.45) is 5.10 Å². The second-order valence-electron chi connectivity index (χ2n) is 8.57. The Bertz CT molecular complexity index is 1690. The van der Waals surface area contributed by atoms with Crippen molar-refractivity contribution in [2.75, 3.05) is 25.3 Å². The maximum absolute atomic E-state index is 13.5. The summed E-state index contributed by atoms with van der Waals surface area (Å²) in [5, 5.41) is 7.51. The van der Waals surface area contributed by atoms with Gasteiger partial charge in [0.05, 0.1) is 31.5 Å². The molecule has 3 N–H and O–H groups in total. The van der Waals surface area contributed by atoms with E-state index in [2.05, 4.69) is 10.4 Å². The summed E-state index contributed by atoms with van der Waals surface area (Å²) in [6.07, 6.45) is 1.61. The van der Waals surface area contributed by atoms with Crippen molar-refractivity contribution in [2.45, 2.75) is 13.8 Å². The molecular weight excluding hydrogens is 468 g/mol. The van der Waals surface area contributed by atoms with Gasteiger partial charge in [0.2, 0.25) is 0 Å². The van der Waals surface area contributed by atoms with Crippen LogP contribution in [0.25, 0.3) is 22.2 Å². The van der Waals surface area contributed by atoms with Gasteiger partial charge in [-0.05, 0) is 73.0 Å². The lowest BCUT2D eigenvalue weighted by Crippen LogP contribution is -2.14. The Balaban J connectivity index is 1.63. The molecule has 2 aromatic heterocycles. The molecule has 2 heterocycles. The van der Waals surface area contributed by atoms with Gasteiger partial charge in [0, 0.05) is 5.69 Å². The monoisotopic (exact) mass is 494 g/mol. The van der Waals surface area contributed by atoms with Crippen LogP contribution in [-0.2, 0) is 0 Å². The zero-order valence-electron chi connectivity index (χ0n) is 20.9. The van der Waals surface area contributed by atoms with Crippen LogP contribution in [0.5, 0.6) is 11.5 Å². The molecule has 0 saturated heterocycles. The predicted molar refractivity (Wildman–Crippen MR) is 146 cm³/mol. The number of fused-ring (bicyclic) bond motifs is 2. The summed E-state index contributed by atoms with van der Waals surface area (Å²) in [7, 11) is 3.14. The zero-order chi connectivity index (χ0) is 26.1. The van der Waals surface area contributed by atoms with Crippen molar-refractivity contribution in [1.82, 2.24) is 14.6 Å². The molecule has 0 unspecified atom stereocenters. The van der Waals surface area contributed by atoms with Crippen LogP contribution in [-0.4, -0.2) is 41.0 Å². The van der Waals surface area contributed by atoms with Crippen LogP contribution in [0, 0.1) is 13.8 Å². The Labute approximate surface area is 213 Å². The van der Waals surface area contributed by atoms with E-state index >= 15 is 0 Å². The van der Waals surface area contributed by atoms with E-state index in [1.165, 1.54) is 4.68 Å². The molecule has 9 nitrogen and oxygen atoms in total. The number of nitrogen functional groups attached to an aromatic ring is 1. The van der Waals surface area contributed by atoms with E-state index < -0.39 is 5.91 Å². The minimum atomic E-state index is -0.393. The van der Waals surface area contributed by atoms with Gasteiger partial charge in [-0.1, -0.05) is 18.2 Å². The van der Waals surface area contributed by atoms with E-state index in [-0.39, 0.29) is 11.4 Å². The third-order valence-electron chi connectivity index (χ3n) is 6.20. The molecule has 9 heteroatoms.